The van der Waals surface area contributed by atoms with Gasteiger partial charge in [0.05, 0.1) is 11.1 Å². The van der Waals surface area contributed by atoms with E-state index in [-0.39, 0.29) is 18.5 Å². The van der Waals surface area contributed by atoms with Gasteiger partial charge in [0.1, 0.15) is 5.52 Å². The number of halogens is 3. The number of fused-ring (bicyclic) bond motifs is 1. The van der Waals surface area contributed by atoms with Crippen molar-refractivity contribution < 1.29 is 18.0 Å². The largest absolute Gasteiger partial charge is 0.416 e. The Morgan fingerprint density at radius 3 is 2.50 bits per heavy atom. The molecule has 2 aromatic carbocycles. The van der Waals surface area contributed by atoms with Gasteiger partial charge in [-0.15, -0.1) is 5.10 Å². The monoisotopic (exact) mass is 388 g/mol. The molecule has 1 saturated carbocycles. The van der Waals surface area contributed by atoms with Crippen LogP contribution < -0.4 is 0 Å². The predicted molar refractivity (Wildman–Crippen MR) is 97.5 cm³/mol. The van der Waals surface area contributed by atoms with E-state index in [1.165, 1.54) is 12.1 Å². The van der Waals surface area contributed by atoms with Crippen LogP contribution in [0.25, 0.3) is 11.0 Å². The third-order valence-corrected chi connectivity index (χ3v) is 4.94. The van der Waals surface area contributed by atoms with Gasteiger partial charge in [-0.25, -0.2) is 4.68 Å². The van der Waals surface area contributed by atoms with Crippen LogP contribution in [0.15, 0.2) is 42.5 Å². The molecule has 5 nitrogen and oxygen atoms in total. The molecule has 1 aromatic heterocycles. The van der Waals surface area contributed by atoms with Crippen LogP contribution >= 0.6 is 0 Å². The van der Waals surface area contributed by atoms with Crippen molar-refractivity contribution >= 4 is 16.9 Å². The van der Waals surface area contributed by atoms with Gasteiger partial charge < -0.3 is 4.90 Å². The Kier molecular flexibility index (Phi) is 4.56. The molecular formula is C20H19F3N4O. The van der Waals surface area contributed by atoms with Crippen molar-refractivity contribution in [1.82, 2.24) is 19.9 Å². The maximum absolute atomic E-state index is 13.1. The van der Waals surface area contributed by atoms with Crippen LogP contribution in [-0.2, 0) is 19.3 Å². The number of benzene rings is 2. The van der Waals surface area contributed by atoms with E-state index < -0.39 is 11.7 Å². The molecule has 1 aliphatic carbocycles. The lowest BCUT2D eigenvalue weighted by Crippen LogP contribution is -2.32. The van der Waals surface area contributed by atoms with E-state index in [0.717, 1.165) is 30.5 Å². The first-order valence-electron chi connectivity index (χ1n) is 9.17. The highest BCUT2D eigenvalue weighted by Gasteiger charge is 2.34. The molecule has 0 bridgehead atoms. The number of alkyl halides is 3. The van der Waals surface area contributed by atoms with Crippen LogP contribution in [0.2, 0.25) is 0 Å². The zero-order valence-electron chi connectivity index (χ0n) is 15.3. The molecule has 0 spiro atoms. The summed E-state index contributed by atoms with van der Waals surface area (Å²) in [5, 5.41) is 8.16. The molecule has 1 fully saturated rings. The second-order valence-corrected chi connectivity index (χ2v) is 6.97. The number of carbonyl (C=O) groups excluding carboxylic acids is 1. The molecular weight excluding hydrogens is 369 g/mol. The lowest BCUT2D eigenvalue weighted by atomic mass is 10.1. The molecule has 0 saturated heterocycles. The molecule has 0 N–H and O–H groups in total. The molecule has 0 unspecified atom stereocenters. The summed E-state index contributed by atoms with van der Waals surface area (Å²) in [5.41, 5.74) is 2.00. The predicted octanol–water partition coefficient (Wildman–Crippen LogP) is 4.27. The normalized spacial score (nSPS) is 14.4. The Labute approximate surface area is 159 Å². The fourth-order valence-electron chi connectivity index (χ4n) is 3.25. The van der Waals surface area contributed by atoms with Crippen LogP contribution in [0.4, 0.5) is 13.2 Å². The van der Waals surface area contributed by atoms with Crippen molar-refractivity contribution in [3.05, 3.63) is 59.2 Å². The second-order valence-electron chi connectivity index (χ2n) is 6.97. The van der Waals surface area contributed by atoms with Crippen molar-refractivity contribution in [2.24, 2.45) is 0 Å². The molecule has 0 aliphatic heterocycles. The van der Waals surface area contributed by atoms with Crippen LogP contribution in [0, 0.1) is 0 Å². The van der Waals surface area contributed by atoms with Gasteiger partial charge in [0.2, 0.25) is 0 Å². The summed E-state index contributed by atoms with van der Waals surface area (Å²) in [6.45, 7) is 2.93. The molecule has 1 aliphatic rings. The zero-order chi connectivity index (χ0) is 19.9. The third-order valence-electron chi connectivity index (χ3n) is 4.94. The van der Waals surface area contributed by atoms with Crippen LogP contribution in [-0.4, -0.2) is 31.8 Å². The molecule has 4 rings (SSSR count). The van der Waals surface area contributed by atoms with E-state index in [4.69, 9.17) is 0 Å². The highest BCUT2D eigenvalue weighted by Crippen LogP contribution is 2.32. The maximum Gasteiger partial charge on any atom is 0.416 e. The minimum atomic E-state index is -4.37. The molecule has 3 aromatic rings. The number of hydrogen-bond donors (Lipinski definition) is 0. The van der Waals surface area contributed by atoms with Crippen molar-refractivity contribution in [2.75, 3.05) is 0 Å². The Balaban J connectivity index is 1.57. The van der Waals surface area contributed by atoms with Gasteiger partial charge in [-0.05, 0) is 55.7 Å². The van der Waals surface area contributed by atoms with Crippen molar-refractivity contribution in [2.45, 2.75) is 45.1 Å². The zero-order valence-corrected chi connectivity index (χ0v) is 15.3. The van der Waals surface area contributed by atoms with Gasteiger partial charge in [0.25, 0.3) is 5.91 Å². The van der Waals surface area contributed by atoms with Crippen LogP contribution in [0.1, 0.15) is 41.3 Å². The summed E-state index contributed by atoms with van der Waals surface area (Å²) in [5.74, 6) is -0.143. The van der Waals surface area contributed by atoms with E-state index in [2.05, 4.69) is 10.3 Å². The van der Waals surface area contributed by atoms with Crippen LogP contribution in [0.3, 0.4) is 0 Å². The van der Waals surface area contributed by atoms with Crippen molar-refractivity contribution in [3.8, 4) is 0 Å². The number of nitrogens with zero attached hydrogens (tertiary/aromatic N) is 4. The van der Waals surface area contributed by atoms with Gasteiger partial charge in [0, 0.05) is 24.7 Å². The maximum atomic E-state index is 13.1. The Hall–Kier alpha value is -2.90. The Morgan fingerprint density at radius 1 is 1.18 bits per heavy atom. The molecule has 28 heavy (non-hydrogen) atoms. The van der Waals surface area contributed by atoms with Crippen molar-refractivity contribution in [3.63, 3.8) is 0 Å². The quantitative estimate of drug-likeness (QED) is 0.656. The summed E-state index contributed by atoms with van der Waals surface area (Å²) in [6.07, 6.45) is -2.56. The fourth-order valence-corrected chi connectivity index (χ4v) is 3.25. The average Bonchev–Trinajstić information content (AvgIpc) is 3.44. The summed E-state index contributed by atoms with van der Waals surface area (Å²) in [4.78, 5) is 14.8. The third kappa shape index (κ3) is 3.58. The molecule has 1 heterocycles. The lowest BCUT2D eigenvalue weighted by Gasteiger charge is -2.23. The lowest BCUT2D eigenvalue weighted by molar-refractivity contribution is -0.137. The Morgan fingerprint density at radius 2 is 1.89 bits per heavy atom. The number of amides is 1. The average molecular weight is 388 g/mol. The van der Waals surface area contributed by atoms with Gasteiger partial charge >= 0.3 is 6.18 Å². The molecule has 8 heteroatoms. The summed E-state index contributed by atoms with van der Waals surface area (Å²) >= 11 is 0. The van der Waals surface area contributed by atoms with Gasteiger partial charge in [-0.1, -0.05) is 17.3 Å². The molecule has 0 radical (unpaired) electrons. The molecule has 0 atom stereocenters. The van der Waals surface area contributed by atoms with Gasteiger partial charge in [-0.2, -0.15) is 13.2 Å². The standard InChI is InChI=1S/C20H19F3N4O/c1-2-27-18-10-5-14(11-17(18)24-25-27)19(28)26(16-8-9-16)12-13-3-6-15(7-4-13)20(21,22)23/h3-7,10-11,16H,2,8-9,12H2,1H3. The summed E-state index contributed by atoms with van der Waals surface area (Å²) in [7, 11) is 0. The molecule has 1 amide bonds. The number of rotatable bonds is 5. The van der Waals surface area contributed by atoms with Crippen molar-refractivity contribution in [1.29, 1.82) is 0 Å². The second kappa shape index (κ2) is 6.92. The van der Waals surface area contributed by atoms with Gasteiger partial charge in [0.15, 0.2) is 0 Å². The number of hydrogen-bond acceptors (Lipinski definition) is 3. The number of aryl methyl sites for hydroxylation is 1. The smallest absolute Gasteiger partial charge is 0.331 e. The van der Waals surface area contributed by atoms with Gasteiger partial charge in [-0.3, -0.25) is 4.79 Å². The summed E-state index contributed by atoms with van der Waals surface area (Å²) in [6, 6.07) is 10.4. The van der Waals surface area contributed by atoms with Crippen LogP contribution in [0.5, 0.6) is 0 Å². The molecule has 146 valence electrons. The summed E-state index contributed by atoms with van der Waals surface area (Å²) < 4.78 is 40.0. The fraction of sp³-hybridized carbons (Fsp3) is 0.350. The van der Waals surface area contributed by atoms with E-state index in [9.17, 15) is 18.0 Å². The highest BCUT2D eigenvalue weighted by molar-refractivity contribution is 5.97. The SMILES string of the molecule is CCn1nnc2cc(C(=O)N(Cc3ccc(C(F)(F)F)cc3)C3CC3)ccc21. The Bertz CT molecular complexity index is 1010. The minimum absolute atomic E-state index is 0.122. The van der Waals surface area contributed by atoms with E-state index >= 15 is 0 Å². The topological polar surface area (TPSA) is 51.0 Å². The number of aromatic nitrogens is 3. The first-order valence-corrected chi connectivity index (χ1v) is 9.17. The minimum Gasteiger partial charge on any atom is -0.331 e. The first-order chi connectivity index (χ1) is 13.4. The van der Waals surface area contributed by atoms with E-state index in [1.807, 2.05) is 13.0 Å². The van der Waals surface area contributed by atoms with E-state index in [0.29, 0.717) is 23.2 Å². The van der Waals surface area contributed by atoms with E-state index in [1.54, 1.807) is 21.7 Å². The number of carbonyl (C=O) groups is 1. The first kappa shape index (κ1) is 18.5. The highest BCUT2D eigenvalue weighted by atomic mass is 19.4.